The van der Waals surface area contributed by atoms with Crippen molar-refractivity contribution in [1.82, 2.24) is 5.32 Å². The first-order valence-corrected chi connectivity index (χ1v) is 7.26. The summed E-state index contributed by atoms with van der Waals surface area (Å²) in [5.41, 5.74) is -0.0135. The number of hydrogen-bond donors (Lipinski definition) is 1. The summed E-state index contributed by atoms with van der Waals surface area (Å²) < 4.78 is 0. The van der Waals surface area contributed by atoms with Gasteiger partial charge in [-0.05, 0) is 17.3 Å². The number of amides is 1. The van der Waals surface area contributed by atoms with Crippen LogP contribution in [0.25, 0.3) is 0 Å². The molecule has 0 aliphatic carbocycles. The number of rotatable bonds is 4. The Hall–Kier alpha value is -0.510. The van der Waals surface area contributed by atoms with Crippen molar-refractivity contribution in [3.63, 3.8) is 0 Å². The Kier molecular flexibility index (Phi) is 6.41. The summed E-state index contributed by atoms with van der Waals surface area (Å²) in [7, 11) is 0. The van der Waals surface area contributed by atoms with Crippen molar-refractivity contribution >= 4 is 22.8 Å². The maximum atomic E-state index is 12.1. The molecule has 0 heterocycles. The molecule has 0 aromatic rings. The third kappa shape index (κ3) is 7.75. The molecule has 3 nitrogen and oxygen atoms in total. The molecule has 0 fully saturated rings. The normalized spacial score (nSPS) is 14.2. The first-order valence-electron chi connectivity index (χ1n) is 6.38. The molecule has 0 rings (SSSR count). The Balaban J connectivity index is 4.45. The van der Waals surface area contributed by atoms with Gasteiger partial charge in [0.25, 0.3) is 0 Å². The highest BCUT2D eigenvalue weighted by molar-refractivity contribution is 8.14. The lowest BCUT2D eigenvalue weighted by molar-refractivity contribution is -0.122. The molecule has 0 aliphatic rings. The van der Waals surface area contributed by atoms with Gasteiger partial charge in [-0.1, -0.05) is 53.3 Å². The van der Waals surface area contributed by atoms with E-state index in [2.05, 4.69) is 26.1 Å². The number of thioether (sulfide) groups is 1. The molecule has 0 saturated heterocycles. The molecule has 4 heteroatoms. The average molecular weight is 273 g/mol. The summed E-state index contributed by atoms with van der Waals surface area (Å²) in [6.07, 6.45) is 0.931. The zero-order valence-corrected chi connectivity index (χ0v) is 13.5. The lowest BCUT2D eigenvalue weighted by Gasteiger charge is -2.28. The molecule has 0 aliphatic heterocycles. The molecular weight excluding hydrogens is 246 g/mol. The second-order valence-electron chi connectivity index (χ2n) is 6.96. The first-order chi connectivity index (χ1) is 7.93. The van der Waals surface area contributed by atoms with Gasteiger partial charge >= 0.3 is 0 Å². The lowest BCUT2D eigenvalue weighted by Crippen LogP contribution is -2.42. The van der Waals surface area contributed by atoms with E-state index < -0.39 is 0 Å². The van der Waals surface area contributed by atoms with Crippen molar-refractivity contribution in [3.05, 3.63) is 0 Å². The van der Waals surface area contributed by atoms with Gasteiger partial charge in [0.2, 0.25) is 5.91 Å². The molecule has 18 heavy (non-hydrogen) atoms. The van der Waals surface area contributed by atoms with E-state index >= 15 is 0 Å². The summed E-state index contributed by atoms with van der Waals surface area (Å²) in [4.78, 5) is 23.3. The third-order valence-electron chi connectivity index (χ3n) is 2.48. The van der Waals surface area contributed by atoms with Crippen LogP contribution in [0.2, 0.25) is 0 Å². The largest absolute Gasteiger partial charge is 0.355 e. The van der Waals surface area contributed by atoms with Crippen molar-refractivity contribution in [2.24, 2.45) is 10.8 Å². The predicted molar refractivity (Wildman–Crippen MR) is 78.6 cm³/mol. The van der Waals surface area contributed by atoms with E-state index in [-0.39, 0.29) is 27.1 Å². The van der Waals surface area contributed by atoms with E-state index in [4.69, 9.17) is 0 Å². The number of carbonyl (C=O) groups excluding carboxylic acids is 2. The van der Waals surface area contributed by atoms with Crippen molar-refractivity contribution in [3.8, 4) is 0 Å². The summed E-state index contributed by atoms with van der Waals surface area (Å²) in [6.45, 7) is 14.5. The summed E-state index contributed by atoms with van der Waals surface area (Å²) in [5, 5.41) is 2.60. The third-order valence-corrected chi connectivity index (χ3v) is 3.97. The van der Waals surface area contributed by atoms with Gasteiger partial charge in [-0.25, -0.2) is 0 Å². The highest BCUT2D eigenvalue weighted by Crippen LogP contribution is 2.31. The smallest absolute Gasteiger partial charge is 0.234 e. The molecule has 1 unspecified atom stereocenters. The zero-order chi connectivity index (χ0) is 14.6. The lowest BCUT2D eigenvalue weighted by atomic mass is 9.90. The molecule has 1 atom stereocenters. The molecule has 0 saturated carbocycles. The van der Waals surface area contributed by atoms with Crippen molar-refractivity contribution in [1.29, 1.82) is 0 Å². The molecule has 0 bridgehead atoms. The van der Waals surface area contributed by atoms with Crippen LogP contribution in [0.15, 0.2) is 0 Å². The average Bonchev–Trinajstić information content (AvgIpc) is 2.09. The molecule has 0 aromatic heterocycles. The number of nitrogens with one attached hydrogen (secondary N) is 1. The SMILES string of the molecule is CC(=O)SC(C(=O)NCCC(C)(C)C)C(C)(C)C. The monoisotopic (exact) mass is 273 g/mol. The van der Waals surface area contributed by atoms with Crippen LogP contribution in [-0.4, -0.2) is 22.8 Å². The molecule has 1 N–H and O–H groups in total. The number of carbonyl (C=O) groups is 2. The highest BCUT2D eigenvalue weighted by Gasteiger charge is 2.33. The Morgan fingerprint density at radius 3 is 1.94 bits per heavy atom. The Bertz CT molecular complexity index is 300. The predicted octanol–water partition coefficient (Wildman–Crippen LogP) is 3.23. The van der Waals surface area contributed by atoms with Crippen LogP contribution in [0.3, 0.4) is 0 Å². The molecule has 106 valence electrons. The van der Waals surface area contributed by atoms with Gasteiger partial charge in [0, 0.05) is 13.5 Å². The van der Waals surface area contributed by atoms with Crippen LogP contribution in [0.5, 0.6) is 0 Å². The molecule has 0 spiro atoms. The van der Waals surface area contributed by atoms with E-state index in [0.717, 1.165) is 18.2 Å². The Morgan fingerprint density at radius 1 is 1.11 bits per heavy atom. The van der Waals surface area contributed by atoms with Crippen LogP contribution < -0.4 is 5.32 Å². The van der Waals surface area contributed by atoms with Gasteiger partial charge < -0.3 is 5.32 Å². The second kappa shape index (κ2) is 6.60. The molecule has 1 amide bonds. The Morgan fingerprint density at radius 2 is 1.61 bits per heavy atom. The maximum absolute atomic E-state index is 12.1. The quantitative estimate of drug-likeness (QED) is 0.855. The van der Waals surface area contributed by atoms with E-state index in [1.807, 2.05) is 20.8 Å². The first kappa shape index (κ1) is 17.5. The van der Waals surface area contributed by atoms with Gasteiger partial charge in [-0.3, -0.25) is 9.59 Å². The van der Waals surface area contributed by atoms with Crippen LogP contribution in [0.4, 0.5) is 0 Å². The van der Waals surface area contributed by atoms with Crippen molar-refractivity contribution < 1.29 is 9.59 Å². The van der Waals surface area contributed by atoms with Gasteiger partial charge in [0.1, 0.15) is 0 Å². The maximum Gasteiger partial charge on any atom is 0.234 e. The van der Waals surface area contributed by atoms with Gasteiger partial charge in [0.15, 0.2) is 5.12 Å². The van der Waals surface area contributed by atoms with E-state index in [0.29, 0.717) is 6.54 Å². The second-order valence-corrected chi connectivity index (χ2v) is 8.24. The standard InChI is InChI=1S/C14H27NO2S/c1-10(16)18-11(14(5,6)7)12(17)15-9-8-13(2,3)4/h11H,8-9H2,1-7H3,(H,15,17). The topological polar surface area (TPSA) is 46.2 Å². The van der Waals surface area contributed by atoms with Crippen LogP contribution in [-0.2, 0) is 9.59 Å². The van der Waals surface area contributed by atoms with Gasteiger partial charge in [0.05, 0.1) is 5.25 Å². The van der Waals surface area contributed by atoms with Crippen molar-refractivity contribution in [2.45, 2.75) is 60.1 Å². The van der Waals surface area contributed by atoms with Crippen LogP contribution in [0.1, 0.15) is 54.9 Å². The molecule has 0 aromatic carbocycles. The van der Waals surface area contributed by atoms with Crippen LogP contribution in [0, 0.1) is 10.8 Å². The fraction of sp³-hybridized carbons (Fsp3) is 0.857. The minimum atomic E-state index is -0.324. The fourth-order valence-corrected chi connectivity index (χ4v) is 2.32. The molecular formula is C14H27NO2S. The Labute approximate surface area is 115 Å². The number of hydrogen-bond acceptors (Lipinski definition) is 3. The van der Waals surface area contributed by atoms with E-state index in [1.54, 1.807) is 0 Å². The summed E-state index contributed by atoms with van der Waals surface area (Å²) in [5.74, 6) is -0.0352. The minimum Gasteiger partial charge on any atom is -0.355 e. The molecule has 0 radical (unpaired) electrons. The van der Waals surface area contributed by atoms with E-state index in [1.165, 1.54) is 6.92 Å². The van der Waals surface area contributed by atoms with Gasteiger partial charge in [-0.2, -0.15) is 0 Å². The summed E-state index contributed by atoms with van der Waals surface area (Å²) >= 11 is 1.12. The fourth-order valence-electron chi connectivity index (χ4n) is 1.44. The zero-order valence-electron chi connectivity index (χ0n) is 12.7. The highest BCUT2D eigenvalue weighted by atomic mass is 32.2. The minimum absolute atomic E-state index is 0.0131. The van der Waals surface area contributed by atoms with Crippen LogP contribution >= 0.6 is 11.8 Å². The van der Waals surface area contributed by atoms with Crippen molar-refractivity contribution in [2.75, 3.05) is 6.54 Å². The summed E-state index contributed by atoms with van der Waals surface area (Å²) in [6, 6.07) is 0. The van der Waals surface area contributed by atoms with Gasteiger partial charge in [-0.15, -0.1) is 0 Å². The van der Waals surface area contributed by atoms with E-state index in [9.17, 15) is 9.59 Å².